The van der Waals surface area contributed by atoms with Crippen LogP contribution in [0.2, 0.25) is 0 Å². The fourth-order valence-electron chi connectivity index (χ4n) is 3.90. The van der Waals surface area contributed by atoms with Crippen LogP contribution in [0.1, 0.15) is 38.1 Å². The standard InChI is InChI=1S/C26H19F3N4O3/c27-17-7-16(8-18(11-17)32-26(35)15-1-3-19(28)20(29)9-15)25(34)22-10-14-2-4-21(33-23(14)12-31-22)24-13-36-6-5-30-24/h1-4,7-12,24,30H,5-6,13H2,(H,32,35). The van der Waals surface area contributed by atoms with Gasteiger partial charge in [0.05, 0.1) is 36.7 Å². The summed E-state index contributed by atoms with van der Waals surface area (Å²) in [6.07, 6.45) is 1.47. The molecule has 2 N–H and O–H groups in total. The molecule has 0 aliphatic carbocycles. The SMILES string of the molecule is O=C(Nc1cc(F)cc(C(=O)c2cc3ccc(C4COCCN4)nc3cn2)c1)c1ccc(F)c(F)c1. The number of rotatable bonds is 5. The van der Waals surface area contributed by atoms with Crippen LogP contribution in [-0.4, -0.2) is 41.4 Å². The highest BCUT2D eigenvalue weighted by molar-refractivity contribution is 6.10. The van der Waals surface area contributed by atoms with Crippen LogP contribution in [0.4, 0.5) is 18.9 Å². The zero-order valence-electron chi connectivity index (χ0n) is 18.7. The molecule has 5 rings (SSSR count). The molecule has 1 aliphatic rings. The van der Waals surface area contributed by atoms with Crippen molar-refractivity contribution in [3.63, 3.8) is 0 Å². The molecule has 7 nitrogen and oxygen atoms in total. The van der Waals surface area contributed by atoms with Gasteiger partial charge >= 0.3 is 0 Å². The first-order valence-electron chi connectivity index (χ1n) is 11.1. The lowest BCUT2D eigenvalue weighted by molar-refractivity contribution is 0.0757. The summed E-state index contributed by atoms with van der Waals surface area (Å²) in [6.45, 7) is 1.89. The number of pyridine rings is 2. The van der Waals surface area contributed by atoms with Gasteiger partial charge in [-0.3, -0.25) is 14.6 Å². The van der Waals surface area contributed by atoms with Crippen LogP contribution in [0.5, 0.6) is 0 Å². The van der Waals surface area contributed by atoms with E-state index < -0.39 is 29.1 Å². The summed E-state index contributed by atoms with van der Waals surface area (Å²) in [6, 6.07) is 11.1. The molecular formula is C26H19F3N4O3. The van der Waals surface area contributed by atoms with Gasteiger partial charge in [0.15, 0.2) is 11.6 Å². The molecule has 0 bridgehead atoms. The fraction of sp³-hybridized carbons (Fsp3) is 0.154. The number of carbonyl (C=O) groups is 2. The molecule has 2 aromatic heterocycles. The first kappa shape index (κ1) is 23.6. The van der Waals surface area contributed by atoms with E-state index in [1.807, 2.05) is 12.1 Å². The van der Waals surface area contributed by atoms with Gasteiger partial charge in [-0.25, -0.2) is 18.2 Å². The Hall–Kier alpha value is -4.15. The number of nitrogens with one attached hydrogen (secondary N) is 2. The second kappa shape index (κ2) is 9.84. The number of hydrogen-bond acceptors (Lipinski definition) is 6. The molecule has 36 heavy (non-hydrogen) atoms. The number of ether oxygens (including phenoxy) is 1. The number of anilines is 1. The third-order valence-corrected chi connectivity index (χ3v) is 5.71. The normalized spacial score (nSPS) is 15.6. The van der Waals surface area contributed by atoms with Crippen molar-refractivity contribution in [3.05, 3.63) is 101 Å². The lowest BCUT2D eigenvalue weighted by Gasteiger charge is -2.23. The molecule has 10 heteroatoms. The van der Waals surface area contributed by atoms with Crippen LogP contribution in [0, 0.1) is 17.5 Å². The van der Waals surface area contributed by atoms with Gasteiger partial charge in [0.2, 0.25) is 5.78 Å². The largest absolute Gasteiger partial charge is 0.378 e. The quantitative estimate of drug-likeness (QED) is 0.406. The molecular weight excluding hydrogens is 473 g/mol. The van der Waals surface area contributed by atoms with Gasteiger partial charge in [0.1, 0.15) is 11.5 Å². The molecule has 1 aliphatic heterocycles. The smallest absolute Gasteiger partial charge is 0.255 e. The molecule has 1 amide bonds. The van der Waals surface area contributed by atoms with E-state index in [0.717, 1.165) is 42.6 Å². The number of amides is 1. The molecule has 0 spiro atoms. The van der Waals surface area contributed by atoms with Crippen molar-refractivity contribution >= 4 is 28.3 Å². The Labute approximate surface area is 203 Å². The van der Waals surface area contributed by atoms with E-state index in [4.69, 9.17) is 4.74 Å². The topological polar surface area (TPSA) is 93.2 Å². The molecule has 1 unspecified atom stereocenters. The van der Waals surface area contributed by atoms with Crippen LogP contribution in [0.15, 0.2) is 60.8 Å². The van der Waals surface area contributed by atoms with Crippen LogP contribution >= 0.6 is 0 Å². The summed E-state index contributed by atoms with van der Waals surface area (Å²) in [5, 5.41) is 6.40. The highest BCUT2D eigenvalue weighted by atomic mass is 19.2. The molecule has 0 radical (unpaired) electrons. The predicted octanol–water partition coefficient (Wildman–Crippen LogP) is 4.19. The number of carbonyl (C=O) groups excluding carboxylic acids is 2. The fourth-order valence-corrected chi connectivity index (χ4v) is 3.90. The van der Waals surface area contributed by atoms with E-state index in [2.05, 4.69) is 20.6 Å². The molecule has 1 saturated heterocycles. The van der Waals surface area contributed by atoms with Gasteiger partial charge in [-0.15, -0.1) is 0 Å². The van der Waals surface area contributed by atoms with Crippen molar-refractivity contribution in [2.24, 2.45) is 0 Å². The van der Waals surface area contributed by atoms with E-state index in [1.165, 1.54) is 12.3 Å². The van der Waals surface area contributed by atoms with Crippen molar-refractivity contribution < 1.29 is 27.5 Å². The number of ketones is 1. The summed E-state index contributed by atoms with van der Waals surface area (Å²) in [5.41, 5.74) is 1.23. The molecule has 3 heterocycles. The average Bonchev–Trinajstić information content (AvgIpc) is 2.89. The van der Waals surface area contributed by atoms with E-state index in [0.29, 0.717) is 24.1 Å². The summed E-state index contributed by atoms with van der Waals surface area (Å²) in [5.74, 6) is -4.41. The number of nitrogens with zero attached hydrogens (tertiary/aromatic N) is 2. The van der Waals surface area contributed by atoms with Crippen LogP contribution in [0.25, 0.3) is 10.9 Å². The molecule has 4 aromatic rings. The van der Waals surface area contributed by atoms with Crippen molar-refractivity contribution in [3.8, 4) is 0 Å². The third-order valence-electron chi connectivity index (χ3n) is 5.71. The van der Waals surface area contributed by atoms with E-state index >= 15 is 0 Å². The number of morpholine rings is 1. The summed E-state index contributed by atoms with van der Waals surface area (Å²) in [7, 11) is 0. The van der Waals surface area contributed by atoms with Crippen LogP contribution in [-0.2, 0) is 4.74 Å². The Balaban J connectivity index is 1.38. The molecule has 0 saturated carbocycles. The van der Waals surface area contributed by atoms with Crippen LogP contribution < -0.4 is 10.6 Å². The Bertz CT molecular complexity index is 1490. The number of benzene rings is 2. The molecule has 1 fully saturated rings. The second-order valence-electron chi connectivity index (χ2n) is 8.22. The van der Waals surface area contributed by atoms with Gasteiger partial charge in [0, 0.05) is 28.7 Å². The maximum atomic E-state index is 14.3. The number of halogens is 3. The van der Waals surface area contributed by atoms with Gasteiger partial charge in [-0.2, -0.15) is 0 Å². The Kier molecular flexibility index (Phi) is 6.45. The maximum absolute atomic E-state index is 14.3. The number of aromatic nitrogens is 2. The van der Waals surface area contributed by atoms with Gasteiger partial charge < -0.3 is 15.4 Å². The minimum atomic E-state index is -1.19. The Morgan fingerprint density at radius 1 is 0.972 bits per heavy atom. The first-order valence-corrected chi connectivity index (χ1v) is 11.1. The van der Waals surface area contributed by atoms with Crippen molar-refractivity contribution in [1.82, 2.24) is 15.3 Å². The highest BCUT2D eigenvalue weighted by Crippen LogP contribution is 2.22. The molecule has 2 aromatic carbocycles. The highest BCUT2D eigenvalue weighted by Gasteiger charge is 2.19. The van der Waals surface area contributed by atoms with Gasteiger partial charge in [-0.1, -0.05) is 6.07 Å². The average molecular weight is 492 g/mol. The maximum Gasteiger partial charge on any atom is 0.255 e. The van der Waals surface area contributed by atoms with E-state index in [9.17, 15) is 22.8 Å². The Morgan fingerprint density at radius 2 is 1.83 bits per heavy atom. The third kappa shape index (κ3) is 4.95. The molecule has 1 atom stereocenters. The second-order valence-corrected chi connectivity index (χ2v) is 8.22. The van der Waals surface area contributed by atoms with Gasteiger partial charge in [-0.05, 0) is 48.5 Å². The zero-order chi connectivity index (χ0) is 25.2. The zero-order valence-corrected chi connectivity index (χ0v) is 18.7. The minimum Gasteiger partial charge on any atom is -0.378 e. The van der Waals surface area contributed by atoms with E-state index in [-0.39, 0.29) is 28.6 Å². The number of fused-ring (bicyclic) bond motifs is 1. The monoisotopic (exact) mass is 492 g/mol. The summed E-state index contributed by atoms with van der Waals surface area (Å²) >= 11 is 0. The summed E-state index contributed by atoms with van der Waals surface area (Å²) < 4.78 is 46.3. The van der Waals surface area contributed by atoms with Crippen molar-refractivity contribution in [2.75, 3.05) is 25.1 Å². The number of hydrogen-bond donors (Lipinski definition) is 2. The van der Waals surface area contributed by atoms with Crippen molar-refractivity contribution in [1.29, 1.82) is 0 Å². The lowest BCUT2D eigenvalue weighted by atomic mass is 10.0. The first-order chi connectivity index (χ1) is 17.4. The lowest BCUT2D eigenvalue weighted by Crippen LogP contribution is -2.35. The van der Waals surface area contributed by atoms with Crippen LogP contribution in [0.3, 0.4) is 0 Å². The predicted molar refractivity (Wildman–Crippen MR) is 125 cm³/mol. The van der Waals surface area contributed by atoms with E-state index in [1.54, 1.807) is 6.07 Å². The Morgan fingerprint density at radius 3 is 2.61 bits per heavy atom. The van der Waals surface area contributed by atoms with Gasteiger partial charge in [0.25, 0.3) is 5.91 Å². The van der Waals surface area contributed by atoms with Crippen molar-refractivity contribution in [2.45, 2.75) is 6.04 Å². The minimum absolute atomic E-state index is 0.0256. The molecule has 182 valence electrons. The summed E-state index contributed by atoms with van der Waals surface area (Å²) in [4.78, 5) is 34.3.